The van der Waals surface area contributed by atoms with Crippen LogP contribution in [0.4, 0.5) is 5.69 Å². The molecule has 0 aromatic heterocycles. The number of benzene rings is 1. The van der Waals surface area contributed by atoms with E-state index in [0.29, 0.717) is 13.2 Å². The molecule has 18 heavy (non-hydrogen) atoms. The second-order valence-corrected chi connectivity index (χ2v) is 4.70. The van der Waals surface area contributed by atoms with Crippen molar-refractivity contribution in [3.63, 3.8) is 0 Å². The molecule has 4 nitrogen and oxygen atoms in total. The predicted molar refractivity (Wildman–Crippen MR) is 70.4 cm³/mol. The summed E-state index contributed by atoms with van der Waals surface area (Å²) in [6, 6.07) is 6.01. The van der Waals surface area contributed by atoms with Crippen molar-refractivity contribution in [1.82, 2.24) is 0 Å². The van der Waals surface area contributed by atoms with Gasteiger partial charge in [-0.1, -0.05) is 0 Å². The number of nitrogens with one attached hydrogen (secondary N) is 2. The highest BCUT2D eigenvalue weighted by molar-refractivity contribution is 5.91. The number of hydrogen-bond acceptors (Lipinski definition) is 3. The maximum atomic E-state index is 5.58. The summed E-state index contributed by atoms with van der Waals surface area (Å²) in [5, 5.41) is 3.44. The van der Waals surface area contributed by atoms with Gasteiger partial charge in [-0.3, -0.25) is 4.99 Å². The molecule has 0 bridgehead atoms. The Morgan fingerprint density at radius 3 is 2.83 bits per heavy atom. The molecule has 3 rings (SSSR count). The molecule has 2 aliphatic rings. The molecule has 2 N–H and O–H groups in total. The van der Waals surface area contributed by atoms with E-state index in [2.05, 4.69) is 10.3 Å². The van der Waals surface area contributed by atoms with Gasteiger partial charge in [0.1, 0.15) is 18.9 Å². The number of rotatable bonds is 1. The normalized spacial score (nSPS) is 18.8. The average Bonchev–Trinajstić information content (AvgIpc) is 2.67. The Balaban J connectivity index is 1.74. The first kappa shape index (κ1) is 11.4. The standard InChI is InChI=1S/C14H18N2O2/c1-2-4-14(15-7-3-1)16-11-5-6-12-13(10-11)18-9-8-17-12/h5-6,10H,1-4,7-9H2,(H,15,16)/p+1. The molecule has 96 valence electrons. The minimum atomic E-state index is 0.630. The van der Waals surface area contributed by atoms with E-state index in [4.69, 9.17) is 9.47 Å². The fraction of sp³-hybridized carbons (Fsp3) is 0.500. The molecule has 0 fully saturated rings. The van der Waals surface area contributed by atoms with E-state index >= 15 is 0 Å². The smallest absolute Gasteiger partial charge is 0.247 e. The summed E-state index contributed by atoms with van der Waals surface area (Å²) in [4.78, 5) is 3.44. The van der Waals surface area contributed by atoms with Gasteiger partial charge < -0.3 is 9.47 Å². The third kappa shape index (κ3) is 2.58. The zero-order valence-electron chi connectivity index (χ0n) is 10.5. The molecule has 0 spiro atoms. The highest BCUT2D eigenvalue weighted by atomic mass is 16.6. The van der Waals surface area contributed by atoms with E-state index in [-0.39, 0.29) is 0 Å². The van der Waals surface area contributed by atoms with Crippen LogP contribution in [0.15, 0.2) is 18.2 Å². The number of fused-ring (bicyclic) bond motifs is 1. The monoisotopic (exact) mass is 247 g/mol. The Kier molecular flexibility index (Phi) is 3.35. The first-order valence-electron chi connectivity index (χ1n) is 6.68. The van der Waals surface area contributed by atoms with Crippen molar-refractivity contribution in [3.05, 3.63) is 18.2 Å². The van der Waals surface area contributed by atoms with Gasteiger partial charge in [-0.2, -0.15) is 0 Å². The lowest BCUT2D eigenvalue weighted by Gasteiger charge is -2.18. The van der Waals surface area contributed by atoms with E-state index in [1.165, 1.54) is 25.1 Å². The largest absolute Gasteiger partial charge is 0.486 e. The van der Waals surface area contributed by atoms with Crippen LogP contribution in [0.1, 0.15) is 25.7 Å². The molecule has 0 radical (unpaired) electrons. The molecule has 0 unspecified atom stereocenters. The second kappa shape index (κ2) is 5.29. The lowest BCUT2D eigenvalue weighted by atomic mass is 10.2. The van der Waals surface area contributed by atoms with Gasteiger partial charge in [-0.25, -0.2) is 5.32 Å². The van der Waals surface area contributed by atoms with Crippen LogP contribution in [-0.2, 0) is 0 Å². The molecule has 1 aromatic carbocycles. The van der Waals surface area contributed by atoms with Crippen LogP contribution in [0, 0.1) is 0 Å². The second-order valence-electron chi connectivity index (χ2n) is 4.70. The van der Waals surface area contributed by atoms with Crippen molar-refractivity contribution in [2.75, 3.05) is 25.1 Å². The first-order chi connectivity index (χ1) is 8.92. The van der Waals surface area contributed by atoms with Crippen molar-refractivity contribution in [3.8, 4) is 11.5 Å². The Labute approximate surface area is 107 Å². The van der Waals surface area contributed by atoms with Crippen LogP contribution in [0.2, 0.25) is 0 Å². The van der Waals surface area contributed by atoms with Gasteiger partial charge in [0.2, 0.25) is 5.84 Å². The van der Waals surface area contributed by atoms with Gasteiger partial charge in [-0.15, -0.1) is 0 Å². The Hall–Kier alpha value is -1.71. The van der Waals surface area contributed by atoms with E-state index in [1.807, 2.05) is 18.2 Å². The van der Waals surface area contributed by atoms with Gasteiger partial charge in [0, 0.05) is 12.5 Å². The summed E-state index contributed by atoms with van der Waals surface area (Å²) in [6.07, 6.45) is 4.90. The third-order valence-corrected chi connectivity index (χ3v) is 3.28. The average molecular weight is 247 g/mol. The fourth-order valence-electron chi connectivity index (χ4n) is 2.33. The molecule has 2 aliphatic heterocycles. The molecule has 4 heteroatoms. The number of hydrogen-bond donors (Lipinski definition) is 2. The molecular weight excluding hydrogens is 228 g/mol. The molecule has 1 aromatic rings. The van der Waals surface area contributed by atoms with Crippen LogP contribution in [-0.4, -0.2) is 25.6 Å². The molecule has 0 saturated carbocycles. The summed E-state index contributed by atoms with van der Waals surface area (Å²) >= 11 is 0. The van der Waals surface area contributed by atoms with E-state index < -0.39 is 0 Å². The van der Waals surface area contributed by atoms with Crippen LogP contribution in [0.3, 0.4) is 0 Å². The Bertz CT molecular complexity index is 457. The molecular formula is C14H19N2O2+. The van der Waals surface area contributed by atoms with E-state index in [0.717, 1.165) is 30.2 Å². The van der Waals surface area contributed by atoms with Crippen LogP contribution in [0.5, 0.6) is 11.5 Å². The van der Waals surface area contributed by atoms with E-state index in [1.54, 1.807) is 0 Å². The summed E-state index contributed by atoms with van der Waals surface area (Å²) in [6.45, 7) is 2.33. The summed E-state index contributed by atoms with van der Waals surface area (Å²) in [7, 11) is 0. The minimum Gasteiger partial charge on any atom is -0.486 e. The number of anilines is 1. The molecule has 0 atom stereocenters. The van der Waals surface area contributed by atoms with Gasteiger partial charge >= 0.3 is 0 Å². The van der Waals surface area contributed by atoms with Gasteiger partial charge in [0.05, 0.1) is 6.54 Å². The van der Waals surface area contributed by atoms with Gasteiger partial charge in [0.25, 0.3) is 0 Å². The Morgan fingerprint density at radius 1 is 1.00 bits per heavy atom. The van der Waals surface area contributed by atoms with Gasteiger partial charge in [0.15, 0.2) is 11.5 Å². The van der Waals surface area contributed by atoms with Crippen molar-refractivity contribution in [2.45, 2.75) is 25.7 Å². The predicted octanol–water partition coefficient (Wildman–Crippen LogP) is 0.923. The lowest BCUT2D eigenvalue weighted by molar-refractivity contribution is -0.457. The molecule has 2 heterocycles. The quantitative estimate of drug-likeness (QED) is 0.776. The maximum Gasteiger partial charge on any atom is 0.247 e. The van der Waals surface area contributed by atoms with Crippen molar-refractivity contribution in [1.29, 1.82) is 0 Å². The van der Waals surface area contributed by atoms with Crippen molar-refractivity contribution in [2.24, 2.45) is 0 Å². The topological polar surface area (TPSA) is 44.5 Å². The maximum absolute atomic E-state index is 5.58. The van der Waals surface area contributed by atoms with Crippen LogP contribution >= 0.6 is 0 Å². The number of amidine groups is 1. The zero-order chi connectivity index (χ0) is 12.2. The first-order valence-corrected chi connectivity index (χ1v) is 6.68. The third-order valence-electron chi connectivity index (χ3n) is 3.28. The van der Waals surface area contributed by atoms with E-state index in [9.17, 15) is 0 Å². The molecule has 0 aliphatic carbocycles. The highest BCUT2D eigenvalue weighted by Gasteiger charge is 2.15. The van der Waals surface area contributed by atoms with Gasteiger partial charge in [-0.05, 0) is 31.4 Å². The van der Waals surface area contributed by atoms with Crippen LogP contribution < -0.4 is 19.8 Å². The van der Waals surface area contributed by atoms with Crippen LogP contribution in [0.25, 0.3) is 0 Å². The molecule has 0 amide bonds. The Morgan fingerprint density at radius 2 is 1.89 bits per heavy atom. The molecule has 0 saturated heterocycles. The van der Waals surface area contributed by atoms with Crippen molar-refractivity contribution >= 4 is 11.5 Å². The SMILES string of the molecule is c1cc2c(cc1NC1=[NH+]CCCCC1)OCCO2. The highest BCUT2D eigenvalue weighted by Crippen LogP contribution is 2.32. The zero-order valence-corrected chi connectivity index (χ0v) is 10.5. The summed E-state index contributed by atoms with van der Waals surface area (Å²) in [5.41, 5.74) is 1.06. The lowest BCUT2D eigenvalue weighted by Crippen LogP contribution is -2.74. The van der Waals surface area contributed by atoms with Crippen molar-refractivity contribution < 1.29 is 14.5 Å². The summed E-state index contributed by atoms with van der Waals surface area (Å²) < 4.78 is 11.1. The number of ether oxygens (including phenoxy) is 2. The minimum absolute atomic E-state index is 0.630. The fourth-order valence-corrected chi connectivity index (χ4v) is 2.33. The summed E-state index contributed by atoms with van der Waals surface area (Å²) in [5.74, 6) is 2.88.